The van der Waals surface area contributed by atoms with Gasteiger partial charge in [0, 0.05) is 30.3 Å². The highest BCUT2D eigenvalue weighted by Crippen LogP contribution is 2.50. The molecule has 1 saturated heterocycles. The van der Waals surface area contributed by atoms with Crippen LogP contribution in [-0.2, 0) is 13.8 Å². The number of carbonyl (C=O) groups excluding carboxylic acids is 1. The molecule has 0 bridgehead atoms. The van der Waals surface area contributed by atoms with Crippen LogP contribution in [0.15, 0.2) is 48.9 Å². The fourth-order valence-corrected chi connectivity index (χ4v) is 6.59. The molecule has 1 N–H and O–H groups in total. The van der Waals surface area contributed by atoms with E-state index in [0.29, 0.717) is 36.5 Å². The van der Waals surface area contributed by atoms with Crippen LogP contribution in [-0.4, -0.2) is 56.0 Å². The van der Waals surface area contributed by atoms with Crippen LogP contribution in [0.25, 0.3) is 11.0 Å². The van der Waals surface area contributed by atoms with Crippen molar-refractivity contribution < 1.29 is 18.6 Å². The summed E-state index contributed by atoms with van der Waals surface area (Å²) >= 11 is 0. The summed E-state index contributed by atoms with van der Waals surface area (Å²) in [4.78, 5) is 21.6. The molecule has 0 aliphatic carbocycles. The number of nitriles is 1. The Labute approximate surface area is 231 Å². The first-order valence-corrected chi connectivity index (χ1v) is 14.5. The smallest absolute Gasteiger partial charge is 0.259 e. The molecule has 1 amide bonds. The largest absolute Gasteiger partial charge is 0.352 e. The van der Waals surface area contributed by atoms with Crippen molar-refractivity contribution in [3.05, 3.63) is 54.5 Å². The molecule has 4 rings (SSSR count). The van der Waals surface area contributed by atoms with E-state index in [-0.39, 0.29) is 36.4 Å². The molecule has 1 aliphatic heterocycles. The second kappa shape index (κ2) is 13.4. The molecule has 0 saturated carbocycles. The van der Waals surface area contributed by atoms with Crippen molar-refractivity contribution >= 4 is 31.3 Å². The number of aromatic nitrogens is 3. The van der Waals surface area contributed by atoms with E-state index in [9.17, 15) is 4.79 Å². The monoisotopic (exact) mass is 552 g/mol. The van der Waals surface area contributed by atoms with Crippen molar-refractivity contribution in [3.8, 4) is 6.07 Å². The molecule has 4 atom stereocenters. The van der Waals surface area contributed by atoms with Crippen LogP contribution in [0.4, 0.5) is 5.82 Å². The lowest BCUT2D eigenvalue weighted by molar-refractivity contribution is -0.0164. The van der Waals surface area contributed by atoms with Crippen LogP contribution in [0.2, 0.25) is 0 Å². The van der Waals surface area contributed by atoms with E-state index in [4.69, 9.17) is 19.0 Å². The Morgan fingerprint density at radius 3 is 2.64 bits per heavy atom. The number of amides is 1. The zero-order valence-corrected chi connectivity index (χ0v) is 24.0. The molecular weight excluding hydrogens is 515 g/mol. The van der Waals surface area contributed by atoms with E-state index in [1.54, 1.807) is 12.1 Å². The molecule has 3 heterocycles. The molecule has 10 nitrogen and oxygen atoms in total. The Morgan fingerprint density at radius 1 is 1.23 bits per heavy atom. The summed E-state index contributed by atoms with van der Waals surface area (Å²) in [7, 11) is -1.39. The van der Waals surface area contributed by atoms with Gasteiger partial charge in [0.2, 0.25) is 0 Å². The van der Waals surface area contributed by atoms with Crippen LogP contribution < -0.4 is 5.32 Å². The molecule has 39 heavy (non-hydrogen) atoms. The number of nitrogens with one attached hydrogen (secondary N) is 1. The molecule has 2 aromatic heterocycles. The highest BCUT2D eigenvalue weighted by Gasteiger charge is 2.40. The van der Waals surface area contributed by atoms with Gasteiger partial charge >= 0.3 is 0 Å². The van der Waals surface area contributed by atoms with E-state index < -0.39 is 8.53 Å². The van der Waals surface area contributed by atoms with Crippen molar-refractivity contribution in [2.45, 2.75) is 84.4 Å². The quantitative estimate of drug-likeness (QED) is 0.214. The highest BCUT2D eigenvalue weighted by atomic mass is 31.2. The molecule has 1 aliphatic rings. The van der Waals surface area contributed by atoms with Gasteiger partial charge in [0.25, 0.3) is 14.4 Å². The number of rotatable bonds is 12. The predicted molar refractivity (Wildman–Crippen MR) is 151 cm³/mol. The van der Waals surface area contributed by atoms with Gasteiger partial charge in [-0.15, -0.1) is 0 Å². The summed E-state index contributed by atoms with van der Waals surface area (Å²) in [5, 5.41) is 12.7. The Morgan fingerprint density at radius 2 is 1.97 bits per heavy atom. The first-order chi connectivity index (χ1) is 18.8. The normalized spacial score (nSPS) is 20.1. The van der Waals surface area contributed by atoms with Gasteiger partial charge < -0.3 is 23.7 Å². The molecule has 1 unspecified atom stereocenters. The zero-order valence-electron chi connectivity index (χ0n) is 23.2. The summed E-state index contributed by atoms with van der Waals surface area (Å²) < 4.78 is 23.4. The molecule has 11 heteroatoms. The van der Waals surface area contributed by atoms with Crippen LogP contribution in [0.1, 0.15) is 70.5 Å². The van der Waals surface area contributed by atoms with Gasteiger partial charge in [-0.25, -0.2) is 14.6 Å². The van der Waals surface area contributed by atoms with Crippen molar-refractivity contribution in [1.29, 1.82) is 5.26 Å². The maximum atomic E-state index is 12.7. The summed E-state index contributed by atoms with van der Waals surface area (Å²) in [6.45, 7) is 10.9. The number of benzene rings is 1. The summed E-state index contributed by atoms with van der Waals surface area (Å²) in [6, 6.07) is 13.5. The van der Waals surface area contributed by atoms with Crippen LogP contribution >= 0.6 is 8.53 Å². The van der Waals surface area contributed by atoms with E-state index >= 15 is 0 Å². The molecule has 0 radical (unpaired) electrons. The Hall–Kier alpha value is -2.93. The van der Waals surface area contributed by atoms with Crippen molar-refractivity contribution in [1.82, 2.24) is 19.2 Å². The number of carbonyl (C=O) groups is 1. The number of hydrogen-bond donors (Lipinski definition) is 1. The lowest BCUT2D eigenvalue weighted by Gasteiger charge is -2.37. The third kappa shape index (κ3) is 6.81. The molecule has 3 aromatic rings. The van der Waals surface area contributed by atoms with Gasteiger partial charge in [0.15, 0.2) is 0 Å². The standard InChI is InChI=1S/C28H37N6O4P/c1-6-23-24(38-39(36-16-10-14-29)34(19(2)3)20(4)5)17-25(37-23)33-15-13-22-26(30-18-31-27(22)33)32-28(35)21-11-8-7-9-12-21/h7-9,11-13,15,18-20,23-25H,6,10,16-17H2,1-5H3,(H,30,31,32,35)/t23-,24-,25-,39?/m1/s1. The van der Waals surface area contributed by atoms with E-state index in [1.807, 2.05) is 35.0 Å². The molecule has 208 valence electrons. The fraction of sp³-hybridized carbons (Fsp3) is 0.500. The second-order valence-electron chi connectivity index (χ2n) is 9.97. The van der Waals surface area contributed by atoms with Crippen LogP contribution in [0, 0.1) is 11.3 Å². The average Bonchev–Trinajstić information content (AvgIpc) is 3.53. The zero-order chi connectivity index (χ0) is 27.9. The van der Waals surface area contributed by atoms with E-state index in [2.05, 4.69) is 60.6 Å². The van der Waals surface area contributed by atoms with Gasteiger partial charge in [0.1, 0.15) is 24.0 Å². The Balaban J connectivity index is 1.54. The Kier molecular flexibility index (Phi) is 10.0. The number of ether oxygens (including phenoxy) is 1. The maximum absolute atomic E-state index is 12.7. The van der Waals surface area contributed by atoms with Crippen LogP contribution in [0.5, 0.6) is 0 Å². The molecule has 1 aromatic carbocycles. The van der Waals surface area contributed by atoms with E-state index in [1.165, 1.54) is 6.33 Å². The summed E-state index contributed by atoms with van der Waals surface area (Å²) in [5.74, 6) is 0.217. The minimum Gasteiger partial charge on any atom is -0.352 e. The fourth-order valence-electron chi connectivity index (χ4n) is 4.83. The third-order valence-corrected chi connectivity index (χ3v) is 8.71. The van der Waals surface area contributed by atoms with Crippen LogP contribution in [0.3, 0.4) is 0 Å². The second-order valence-corrected chi connectivity index (χ2v) is 11.4. The lowest BCUT2D eigenvalue weighted by Crippen LogP contribution is -2.35. The predicted octanol–water partition coefficient (Wildman–Crippen LogP) is 6.04. The molecule has 1 fully saturated rings. The maximum Gasteiger partial charge on any atom is 0.259 e. The number of fused-ring (bicyclic) bond motifs is 1. The SMILES string of the molecule is CC[C@H]1O[C@@H](n2ccc3c(NC(=O)c4ccccc4)ncnc32)C[C@H]1OP(OCCC#N)N(C(C)C)C(C)C. The third-order valence-electron chi connectivity index (χ3n) is 6.56. The van der Waals surface area contributed by atoms with Gasteiger partial charge in [-0.2, -0.15) is 5.26 Å². The van der Waals surface area contributed by atoms with Crippen molar-refractivity contribution in [2.24, 2.45) is 0 Å². The number of anilines is 1. The lowest BCUT2D eigenvalue weighted by atomic mass is 10.1. The number of hydrogen-bond acceptors (Lipinski definition) is 8. The molecular formula is C28H37N6O4P. The minimum atomic E-state index is -1.39. The minimum absolute atomic E-state index is 0.128. The van der Waals surface area contributed by atoms with Gasteiger partial charge in [-0.3, -0.25) is 4.79 Å². The summed E-state index contributed by atoms with van der Waals surface area (Å²) in [6.07, 6.45) is 4.45. The van der Waals surface area contributed by atoms with Gasteiger partial charge in [0.05, 0.1) is 36.7 Å². The first kappa shape index (κ1) is 29.1. The average molecular weight is 553 g/mol. The first-order valence-electron chi connectivity index (χ1n) is 13.4. The summed E-state index contributed by atoms with van der Waals surface area (Å²) in [5.41, 5.74) is 1.23. The molecule has 0 spiro atoms. The van der Waals surface area contributed by atoms with Gasteiger partial charge in [-0.05, 0) is 52.3 Å². The van der Waals surface area contributed by atoms with E-state index in [0.717, 1.165) is 11.8 Å². The van der Waals surface area contributed by atoms with Crippen molar-refractivity contribution in [3.63, 3.8) is 0 Å². The van der Waals surface area contributed by atoms with Crippen molar-refractivity contribution in [2.75, 3.05) is 11.9 Å². The topological polar surface area (TPSA) is 115 Å². The number of nitrogens with zero attached hydrogens (tertiary/aromatic N) is 5. The highest BCUT2D eigenvalue weighted by molar-refractivity contribution is 7.44. The van der Waals surface area contributed by atoms with Gasteiger partial charge in [-0.1, -0.05) is 25.1 Å². The Bertz CT molecular complexity index is 1270.